The van der Waals surface area contributed by atoms with Crippen molar-refractivity contribution in [3.05, 3.63) is 97.2 Å². The van der Waals surface area contributed by atoms with Gasteiger partial charge in [0.15, 0.2) is 6.10 Å². The van der Waals surface area contributed by atoms with Crippen LogP contribution in [0.2, 0.25) is 0 Å². The summed E-state index contributed by atoms with van der Waals surface area (Å²) in [7, 11) is 0. The van der Waals surface area contributed by atoms with Crippen LogP contribution in [0.3, 0.4) is 0 Å². The third-order valence-corrected chi connectivity index (χ3v) is 12.8. The van der Waals surface area contributed by atoms with Crippen LogP contribution in [0.15, 0.2) is 97.2 Å². The highest BCUT2D eigenvalue weighted by atomic mass is 16.6. The second kappa shape index (κ2) is 59.9. The number of allylic oxidation sites excluding steroid dienone is 16. The number of carbonyl (C=O) groups excluding carboxylic acids is 3. The lowest BCUT2D eigenvalue weighted by Gasteiger charge is -2.18. The first-order chi connectivity index (χ1) is 35.5. The molecule has 0 saturated heterocycles. The van der Waals surface area contributed by atoms with Gasteiger partial charge in [0.2, 0.25) is 0 Å². The third kappa shape index (κ3) is 57.2. The molecule has 0 amide bonds. The van der Waals surface area contributed by atoms with Crippen LogP contribution in [0.4, 0.5) is 0 Å². The van der Waals surface area contributed by atoms with Crippen molar-refractivity contribution in [1.29, 1.82) is 0 Å². The van der Waals surface area contributed by atoms with E-state index in [-0.39, 0.29) is 31.1 Å². The maximum absolute atomic E-state index is 12.9. The van der Waals surface area contributed by atoms with Gasteiger partial charge in [0.05, 0.1) is 0 Å². The summed E-state index contributed by atoms with van der Waals surface area (Å²) in [5.74, 6) is -0.917. The average molecular weight is 1000 g/mol. The van der Waals surface area contributed by atoms with Gasteiger partial charge >= 0.3 is 17.9 Å². The molecule has 0 aromatic heterocycles. The predicted molar refractivity (Wildman–Crippen MR) is 311 cm³/mol. The minimum Gasteiger partial charge on any atom is -0.462 e. The molecular weight excluding hydrogens is 889 g/mol. The molecule has 0 saturated carbocycles. The van der Waals surface area contributed by atoms with Crippen molar-refractivity contribution in [3.8, 4) is 0 Å². The normalized spacial score (nSPS) is 12.8. The summed E-state index contributed by atoms with van der Waals surface area (Å²) < 4.78 is 16.9. The van der Waals surface area contributed by atoms with Crippen LogP contribution >= 0.6 is 0 Å². The van der Waals surface area contributed by atoms with E-state index in [1.54, 1.807) is 0 Å². The molecule has 72 heavy (non-hydrogen) atoms. The van der Waals surface area contributed by atoms with Crippen LogP contribution in [0.5, 0.6) is 0 Å². The maximum atomic E-state index is 12.9. The van der Waals surface area contributed by atoms with Gasteiger partial charge in [-0.05, 0) is 122 Å². The number of unbranched alkanes of at least 4 members (excludes halogenated alkanes) is 27. The van der Waals surface area contributed by atoms with E-state index in [1.165, 1.54) is 122 Å². The molecule has 0 bridgehead atoms. The largest absolute Gasteiger partial charge is 0.462 e. The molecule has 0 aliphatic heterocycles. The van der Waals surface area contributed by atoms with Crippen molar-refractivity contribution in [1.82, 2.24) is 0 Å². The number of rotatable bonds is 54. The van der Waals surface area contributed by atoms with Crippen molar-refractivity contribution in [2.45, 2.75) is 290 Å². The van der Waals surface area contributed by atoms with Gasteiger partial charge in [-0.25, -0.2) is 0 Å². The highest BCUT2D eigenvalue weighted by Gasteiger charge is 2.19. The Labute approximate surface area is 445 Å². The lowest BCUT2D eigenvalue weighted by molar-refractivity contribution is -0.167. The van der Waals surface area contributed by atoms with Crippen molar-refractivity contribution in [3.63, 3.8) is 0 Å². The van der Waals surface area contributed by atoms with Gasteiger partial charge < -0.3 is 14.2 Å². The summed E-state index contributed by atoms with van der Waals surface area (Å²) in [6, 6.07) is 0. The molecule has 412 valence electrons. The highest BCUT2D eigenvalue weighted by molar-refractivity contribution is 5.71. The SMILES string of the molecule is CC/C=C\C/C=C\C/C=C\C/C=C\C/C=C\CCCCCCCC(=O)OCC(COC(=O)CCCCCCC/C=C\CCCCC)OC(=O)CCCCCCCCCCC/C=C\C/C=C\CCCCCCC. The lowest BCUT2D eigenvalue weighted by atomic mass is 10.1. The quantitative estimate of drug-likeness (QED) is 0.0261. The van der Waals surface area contributed by atoms with Gasteiger partial charge in [-0.15, -0.1) is 0 Å². The molecule has 0 aromatic rings. The number of hydrogen-bond acceptors (Lipinski definition) is 6. The molecule has 0 aliphatic rings. The number of esters is 3. The number of carbonyl (C=O) groups is 3. The van der Waals surface area contributed by atoms with E-state index in [4.69, 9.17) is 14.2 Å². The van der Waals surface area contributed by atoms with Gasteiger partial charge in [0.1, 0.15) is 13.2 Å². The summed E-state index contributed by atoms with van der Waals surface area (Å²) in [6.07, 6.45) is 79.7. The second-order valence-corrected chi connectivity index (χ2v) is 19.9. The van der Waals surface area contributed by atoms with Crippen molar-refractivity contribution in [2.24, 2.45) is 0 Å². The fourth-order valence-corrected chi connectivity index (χ4v) is 8.26. The zero-order valence-corrected chi connectivity index (χ0v) is 47.2. The van der Waals surface area contributed by atoms with E-state index < -0.39 is 6.10 Å². The summed E-state index contributed by atoms with van der Waals surface area (Å²) in [4.78, 5) is 38.2. The Bertz CT molecular complexity index is 1430. The molecule has 0 fully saturated rings. The Morgan fingerprint density at radius 3 is 0.889 bits per heavy atom. The first-order valence-corrected chi connectivity index (χ1v) is 30.2. The van der Waals surface area contributed by atoms with E-state index >= 15 is 0 Å². The van der Waals surface area contributed by atoms with Crippen LogP contribution in [0.25, 0.3) is 0 Å². The van der Waals surface area contributed by atoms with Crippen LogP contribution in [-0.2, 0) is 28.6 Å². The summed E-state index contributed by atoms with van der Waals surface area (Å²) in [6.45, 7) is 6.48. The molecule has 6 nitrogen and oxygen atoms in total. The monoisotopic (exact) mass is 1000 g/mol. The Morgan fingerprint density at radius 2 is 0.542 bits per heavy atom. The van der Waals surface area contributed by atoms with E-state index in [0.29, 0.717) is 19.3 Å². The minimum atomic E-state index is -0.793. The Balaban J connectivity index is 4.39. The molecule has 0 spiro atoms. The van der Waals surface area contributed by atoms with Crippen molar-refractivity contribution < 1.29 is 28.6 Å². The zero-order valence-electron chi connectivity index (χ0n) is 47.2. The Hall–Kier alpha value is -3.67. The minimum absolute atomic E-state index is 0.0900. The van der Waals surface area contributed by atoms with Gasteiger partial charge in [-0.3, -0.25) is 14.4 Å². The molecular formula is C66H112O6. The second-order valence-electron chi connectivity index (χ2n) is 19.9. The molecule has 0 rings (SSSR count). The molecule has 0 aliphatic carbocycles. The number of hydrogen-bond donors (Lipinski definition) is 0. The molecule has 0 aromatic carbocycles. The molecule has 1 unspecified atom stereocenters. The standard InChI is InChI=1S/C66H112O6/c1-4-7-10-13-16-19-22-25-27-29-31-33-35-37-39-41-44-47-50-53-56-59-65(68)71-62-63(61-70-64(67)58-55-52-49-46-43-24-21-18-15-12-9-6-3)72-66(69)60-57-54-51-48-45-42-40-38-36-34-32-30-28-26-23-20-17-14-11-8-5-2/h7,10,16,18-19,21,23,25-27,30-33,37,39,63H,4-6,8-9,11-15,17,20,22,24,28-29,34-36,38,40-62H2,1-3H3/b10-7-,19-16-,21-18-,26-23-,27-25-,32-30-,33-31-,39-37-. The van der Waals surface area contributed by atoms with Gasteiger partial charge in [0.25, 0.3) is 0 Å². The van der Waals surface area contributed by atoms with E-state index in [2.05, 4.69) is 118 Å². The maximum Gasteiger partial charge on any atom is 0.306 e. The first-order valence-electron chi connectivity index (χ1n) is 30.2. The van der Waals surface area contributed by atoms with Crippen LogP contribution < -0.4 is 0 Å². The van der Waals surface area contributed by atoms with Gasteiger partial charge in [0, 0.05) is 19.3 Å². The van der Waals surface area contributed by atoms with Crippen molar-refractivity contribution in [2.75, 3.05) is 13.2 Å². The molecule has 0 heterocycles. The predicted octanol–water partition coefficient (Wildman–Crippen LogP) is 20.5. The molecule has 6 heteroatoms. The van der Waals surface area contributed by atoms with E-state index in [1.807, 2.05) is 0 Å². The molecule has 0 radical (unpaired) electrons. The van der Waals surface area contributed by atoms with Gasteiger partial charge in [-0.2, -0.15) is 0 Å². The third-order valence-electron chi connectivity index (χ3n) is 12.8. The summed E-state index contributed by atoms with van der Waals surface area (Å²) >= 11 is 0. The first kappa shape index (κ1) is 68.3. The molecule has 0 N–H and O–H groups in total. The smallest absolute Gasteiger partial charge is 0.306 e. The summed E-state index contributed by atoms with van der Waals surface area (Å²) in [5, 5.41) is 0. The fraction of sp³-hybridized carbons (Fsp3) is 0.712. The van der Waals surface area contributed by atoms with Crippen LogP contribution in [0, 0.1) is 0 Å². The van der Waals surface area contributed by atoms with Crippen LogP contribution in [-0.4, -0.2) is 37.2 Å². The highest BCUT2D eigenvalue weighted by Crippen LogP contribution is 2.15. The van der Waals surface area contributed by atoms with Crippen LogP contribution in [0.1, 0.15) is 284 Å². The molecule has 1 atom stereocenters. The van der Waals surface area contributed by atoms with Gasteiger partial charge in [-0.1, -0.05) is 240 Å². The lowest BCUT2D eigenvalue weighted by Crippen LogP contribution is -2.30. The Morgan fingerprint density at radius 1 is 0.292 bits per heavy atom. The zero-order chi connectivity index (χ0) is 52.2. The summed E-state index contributed by atoms with van der Waals surface area (Å²) in [5.41, 5.74) is 0. The van der Waals surface area contributed by atoms with E-state index in [0.717, 1.165) is 122 Å². The fourth-order valence-electron chi connectivity index (χ4n) is 8.26. The van der Waals surface area contributed by atoms with E-state index in [9.17, 15) is 14.4 Å². The number of ether oxygens (including phenoxy) is 3. The Kier molecular flexibility index (Phi) is 56.8. The topological polar surface area (TPSA) is 78.9 Å². The van der Waals surface area contributed by atoms with Crippen molar-refractivity contribution >= 4 is 17.9 Å². The average Bonchev–Trinajstić information content (AvgIpc) is 3.38.